The molecule has 4 N–H and O–H groups in total. The maximum Gasteiger partial charge on any atom is 0.238 e. The van der Waals surface area contributed by atoms with Crippen LogP contribution in [-0.2, 0) is 22.9 Å². The van der Waals surface area contributed by atoms with Gasteiger partial charge in [0.15, 0.2) is 5.96 Å². The number of nitrogens with zero attached hydrogens (tertiary/aromatic N) is 2. The van der Waals surface area contributed by atoms with Gasteiger partial charge in [-0.1, -0.05) is 18.2 Å². The van der Waals surface area contributed by atoms with E-state index in [9.17, 15) is 8.42 Å². The van der Waals surface area contributed by atoms with Gasteiger partial charge in [-0.15, -0.1) is 0 Å². The minimum atomic E-state index is -3.64. The molecule has 0 saturated carbocycles. The first-order valence-corrected chi connectivity index (χ1v) is 9.50. The molecule has 0 radical (unpaired) electrons. The summed E-state index contributed by atoms with van der Waals surface area (Å²) in [6.07, 6.45) is 3.34. The van der Waals surface area contributed by atoms with Gasteiger partial charge in [0, 0.05) is 38.4 Å². The molecule has 25 heavy (non-hydrogen) atoms. The van der Waals surface area contributed by atoms with E-state index < -0.39 is 10.0 Å². The topological polar surface area (TPSA) is 109 Å². The van der Waals surface area contributed by atoms with Gasteiger partial charge in [-0.05, 0) is 36.2 Å². The molecule has 0 bridgehead atoms. The van der Waals surface area contributed by atoms with E-state index >= 15 is 0 Å². The summed E-state index contributed by atoms with van der Waals surface area (Å²) in [6, 6.07) is 12.4. The molecule has 134 valence electrons. The van der Waals surface area contributed by atoms with Gasteiger partial charge in [-0.25, -0.2) is 13.6 Å². The lowest BCUT2D eigenvalue weighted by atomic mass is 10.1. The Morgan fingerprint density at radius 3 is 2.32 bits per heavy atom. The third-order valence-electron chi connectivity index (χ3n) is 3.58. The van der Waals surface area contributed by atoms with E-state index in [4.69, 9.17) is 5.14 Å². The van der Waals surface area contributed by atoms with E-state index in [0.29, 0.717) is 6.54 Å². The fourth-order valence-corrected chi connectivity index (χ4v) is 2.76. The summed E-state index contributed by atoms with van der Waals surface area (Å²) >= 11 is 0. The molecule has 2 aromatic rings. The second kappa shape index (κ2) is 9.14. The first-order chi connectivity index (χ1) is 12.0. The highest BCUT2D eigenvalue weighted by molar-refractivity contribution is 7.89. The maximum atomic E-state index is 11.2. The van der Waals surface area contributed by atoms with E-state index in [2.05, 4.69) is 20.6 Å². The third kappa shape index (κ3) is 6.52. The van der Waals surface area contributed by atoms with E-state index in [1.54, 1.807) is 25.4 Å². The summed E-state index contributed by atoms with van der Waals surface area (Å²) in [6.45, 7) is 1.41. The molecule has 0 fully saturated rings. The molecular weight excluding hydrogens is 338 g/mol. The Bertz CT molecular complexity index is 790. The van der Waals surface area contributed by atoms with Crippen molar-refractivity contribution in [2.45, 2.75) is 17.7 Å². The van der Waals surface area contributed by atoms with Crippen LogP contribution in [0.3, 0.4) is 0 Å². The van der Waals surface area contributed by atoms with Crippen LogP contribution in [-0.4, -0.2) is 39.5 Å². The van der Waals surface area contributed by atoms with E-state index in [0.717, 1.165) is 36.6 Å². The fourth-order valence-electron chi connectivity index (χ4n) is 2.25. The van der Waals surface area contributed by atoms with E-state index in [-0.39, 0.29) is 4.90 Å². The number of primary sulfonamides is 1. The van der Waals surface area contributed by atoms with Crippen molar-refractivity contribution in [2.75, 3.05) is 20.1 Å². The second-order valence-corrected chi connectivity index (χ2v) is 7.00. The zero-order valence-electron chi connectivity index (χ0n) is 14.1. The zero-order chi connectivity index (χ0) is 18.1. The lowest BCUT2D eigenvalue weighted by Crippen LogP contribution is -2.39. The molecule has 1 heterocycles. The number of aliphatic imine (C=N–C) groups is 1. The van der Waals surface area contributed by atoms with Gasteiger partial charge >= 0.3 is 0 Å². The van der Waals surface area contributed by atoms with E-state index in [1.807, 2.05) is 18.2 Å². The monoisotopic (exact) mass is 361 g/mol. The molecular formula is C17H23N5O2S. The van der Waals surface area contributed by atoms with Crippen molar-refractivity contribution in [2.24, 2.45) is 10.1 Å². The number of hydrogen-bond donors (Lipinski definition) is 3. The second-order valence-electron chi connectivity index (χ2n) is 5.44. The van der Waals surface area contributed by atoms with Crippen LogP contribution < -0.4 is 15.8 Å². The Balaban J connectivity index is 1.73. The van der Waals surface area contributed by atoms with Crippen molar-refractivity contribution in [3.63, 3.8) is 0 Å². The van der Waals surface area contributed by atoms with Crippen LogP contribution in [0.15, 0.2) is 58.5 Å². The molecule has 0 atom stereocenters. The number of sulfonamides is 1. The molecule has 0 spiro atoms. The molecule has 0 aliphatic carbocycles. The van der Waals surface area contributed by atoms with Crippen LogP contribution in [0.25, 0.3) is 0 Å². The molecule has 1 aromatic heterocycles. The number of guanidine groups is 1. The van der Waals surface area contributed by atoms with Crippen LogP contribution in [0.2, 0.25) is 0 Å². The molecule has 0 aliphatic rings. The summed E-state index contributed by atoms with van der Waals surface area (Å²) in [5, 5.41) is 11.5. The molecule has 2 rings (SSSR count). The zero-order valence-corrected chi connectivity index (χ0v) is 15.0. The SMILES string of the molecule is CN=C(NCCc1ccc(S(N)(=O)=O)cc1)NCCc1ccccn1. The number of nitrogens with two attached hydrogens (primary N) is 1. The predicted octanol–water partition coefficient (Wildman–Crippen LogP) is 0.679. The van der Waals surface area contributed by atoms with Gasteiger partial charge < -0.3 is 10.6 Å². The number of aromatic nitrogens is 1. The average Bonchev–Trinajstić information content (AvgIpc) is 2.61. The molecule has 7 nitrogen and oxygen atoms in total. The van der Waals surface area contributed by atoms with Crippen molar-refractivity contribution in [3.05, 3.63) is 59.9 Å². The van der Waals surface area contributed by atoms with Gasteiger partial charge in [0.25, 0.3) is 0 Å². The number of nitrogens with one attached hydrogen (secondary N) is 2. The van der Waals surface area contributed by atoms with Gasteiger partial charge in [0.2, 0.25) is 10.0 Å². The summed E-state index contributed by atoms with van der Waals surface area (Å²) in [7, 11) is -1.92. The fraction of sp³-hybridized carbons (Fsp3) is 0.294. The number of benzene rings is 1. The van der Waals surface area contributed by atoms with Crippen LogP contribution in [0.5, 0.6) is 0 Å². The summed E-state index contributed by atoms with van der Waals surface area (Å²) < 4.78 is 22.5. The lowest BCUT2D eigenvalue weighted by Gasteiger charge is -2.12. The van der Waals surface area contributed by atoms with Crippen molar-refractivity contribution in [1.82, 2.24) is 15.6 Å². The van der Waals surface area contributed by atoms with Crippen molar-refractivity contribution < 1.29 is 8.42 Å². The van der Waals surface area contributed by atoms with Crippen LogP contribution >= 0.6 is 0 Å². The van der Waals surface area contributed by atoms with Crippen molar-refractivity contribution >= 4 is 16.0 Å². The largest absolute Gasteiger partial charge is 0.356 e. The molecule has 8 heteroatoms. The van der Waals surface area contributed by atoms with Crippen LogP contribution in [0.1, 0.15) is 11.3 Å². The quantitative estimate of drug-likeness (QED) is 0.496. The van der Waals surface area contributed by atoms with E-state index in [1.165, 1.54) is 12.1 Å². The number of rotatable bonds is 7. The Labute approximate surface area is 148 Å². The normalized spacial score (nSPS) is 12.0. The highest BCUT2D eigenvalue weighted by Gasteiger charge is 2.06. The summed E-state index contributed by atoms with van der Waals surface area (Å²) in [5.74, 6) is 0.720. The average molecular weight is 361 g/mol. The first kappa shape index (κ1) is 18.9. The van der Waals surface area contributed by atoms with Crippen LogP contribution in [0.4, 0.5) is 0 Å². The number of pyridine rings is 1. The van der Waals surface area contributed by atoms with Gasteiger partial charge in [0.1, 0.15) is 0 Å². The maximum absolute atomic E-state index is 11.2. The minimum absolute atomic E-state index is 0.121. The Morgan fingerprint density at radius 2 is 1.76 bits per heavy atom. The van der Waals surface area contributed by atoms with Crippen LogP contribution in [0, 0.1) is 0 Å². The molecule has 1 aromatic carbocycles. The minimum Gasteiger partial charge on any atom is -0.356 e. The van der Waals surface area contributed by atoms with Crippen molar-refractivity contribution in [3.8, 4) is 0 Å². The Morgan fingerprint density at radius 1 is 1.08 bits per heavy atom. The van der Waals surface area contributed by atoms with Crippen molar-refractivity contribution in [1.29, 1.82) is 0 Å². The van der Waals surface area contributed by atoms with Gasteiger partial charge in [-0.3, -0.25) is 9.98 Å². The third-order valence-corrected chi connectivity index (χ3v) is 4.51. The predicted molar refractivity (Wildman–Crippen MR) is 98.8 cm³/mol. The molecule has 0 aliphatic heterocycles. The van der Waals surface area contributed by atoms with Gasteiger partial charge in [0.05, 0.1) is 4.90 Å². The highest BCUT2D eigenvalue weighted by Crippen LogP contribution is 2.08. The molecule has 0 saturated heterocycles. The highest BCUT2D eigenvalue weighted by atomic mass is 32.2. The number of hydrogen-bond acceptors (Lipinski definition) is 4. The Hall–Kier alpha value is -2.45. The molecule has 0 amide bonds. The summed E-state index contributed by atoms with van der Waals surface area (Å²) in [4.78, 5) is 8.57. The summed E-state index contributed by atoms with van der Waals surface area (Å²) in [5.41, 5.74) is 2.05. The standard InChI is InChI=1S/C17H23N5O2S/c1-19-17(22-13-10-15-4-2-3-11-20-15)21-12-9-14-5-7-16(8-6-14)25(18,23)24/h2-8,11H,9-10,12-13H2,1H3,(H2,18,23,24)(H2,19,21,22). The molecule has 0 unspecified atom stereocenters. The Kier molecular flexibility index (Phi) is 6.91. The van der Waals surface area contributed by atoms with Gasteiger partial charge in [-0.2, -0.15) is 0 Å². The first-order valence-electron chi connectivity index (χ1n) is 7.95. The smallest absolute Gasteiger partial charge is 0.238 e. The lowest BCUT2D eigenvalue weighted by molar-refractivity contribution is 0.598.